The zero-order valence-corrected chi connectivity index (χ0v) is 14.5. The van der Waals surface area contributed by atoms with Crippen LogP contribution < -0.4 is 16.2 Å². The molecular formula is C18H15ClN4O3. The van der Waals surface area contributed by atoms with Crippen molar-refractivity contribution >= 4 is 29.1 Å². The lowest BCUT2D eigenvalue weighted by molar-refractivity contribution is -0.112. The number of hydrogen-bond acceptors (Lipinski definition) is 5. The number of aromatic hydroxyl groups is 1. The maximum absolute atomic E-state index is 12.0. The molecule has 0 bridgehead atoms. The Labute approximate surface area is 154 Å². The molecule has 26 heavy (non-hydrogen) atoms. The Morgan fingerprint density at radius 3 is 2.65 bits per heavy atom. The van der Waals surface area contributed by atoms with Gasteiger partial charge in [0, 0.05) is 16.8 Å². The van der Waals surface area contributed by atoms with E-state index in [9.17, 15) is 14.7 Å². The minimum Gasteiger partial charge on any atom is -0.507 e. The summed E-state index contributed by atoms with van der Waals surface area (Å²) in [6.07, 6.45) is 1.21. The third kappa shape index (κ3) is 5.00. The maximum Gasteiger partial charge on any atom is 0.273 e. The van der Waals surface area contributed by atoms with E-state index in [1.54, 1.807) is 31.2 Å². The van der Waals surface area contributed by atoms with E-state index in [0.717, 1.165) is 0 Å². The number of nitrogens with zero attached hydrogens (tertiary/aromatic N) is 1. The van der Waals surface area contributed by atoms with E-state index in [4.69, 9.17) is 16.9 Å². The van der Waals surface area contributed by atoms with Gasteiger partial charge in [-0.3, -0.25) is 15.0 Å². The van der Waals surface area contributed by atoms with Crippen molar-refractivity contribution in [2.24, 2.45) is 0 Å². The highest BCUT2D eigenvalue weighted by Crippen LogP contribution is 2.21. The molecule has 0 aliphatic carbocycles. The van der Waals surface area contributed by atoms with Gasteiger partial charge in [0.15, 0.2) is 0 Å². The minimum atomic E-state index is -0.618. The number of hydrazine groups is 1. The van der Waals surface area contributed by atoms with Gasteiger partial charge in [0.25, 0.3) is 5.91 Å². The zero-order valence-electron chi connectivity index (χ0n) is 13.7. The number of nitrogens with one attached hydrogen (secondary N) is 3. The summed E-state index contributed by atoms with van der Waals surface area (Å²) in [4.78, 5) is 24.0. The number of allylic oxidation sites excluding steroid dienone is 1. The molecule has 2 aromatic carbocycles. The summed E-state index contributed by atoms with van der Waals surface area (Å²) >= 11 is 5.80. The Morgan fingerprint density at radius 2 is 1.92 bits per heavy atom. The van der Waals surface area contributed by atoms with Crippen LogP contribution in [0.3, 0.4) is 0 Å². The molecule has 0 spiro atoms. The maximum atomic E-state index is 12.0. The molecule has 7 nitrogen and oxygen atoms in total. The van der Waals surface area contributed by atoms with E-state index in [0.29, 0.717) is 22.0 Å². The molecule has 2 rings (SSSR count). The average Bonchev–Trinajstić information content (AvgIpc) is 2.62. The monoisotopic (exact) mass is 370 g/mol. The third-order valence-corrected chi connectivity index (χ3v) is 3.46. The summed E-state index contributed by atoms with van der Waals surface area (Å²) in [5.74, 6) is -1.31. The molecule has 0 fully saturated rings. The molecule has 0 aliphatic rings. The highest BCUT2D eigenvalue weighted by molar-refractivity contribution is 6.31. The molecule has 0 heterocycles. The topological polar surface area (TPSA) is 114 Å². The van der Waals surface area contributed by atoms with Crippen LogP contribution in [0.25, 0.3) is 0 Å². The Morgan fingerprint density at radius 1 is 1.19 bits per heavy atom. The van der Waals surface area contributed by atoms with Crippen LogP contribution in [0.2, 0.25) is 5.02 Å². The number of nitriles is 1. The number of phenols is 1. The molecule has 2 amide bonds. The first-order chi connectivity index (χ1) is 12.4. The lowest BCUT2D eigenvalue weighted by atomic mass is 10.2. The molecule has 0 radical (unpaired) electrons. The fourth-order valence-electron chi connectivity index (χ4n) is 2.00. The van der Waals surface area contributed by atoms with E-state index in [2.05, 4.69) is 16.2 Å². The number of benzene rings is 2. The number of halogens is 1. The molecule has 0 saturated carbocycles. The number of para-hydroxylation sites is 1. The van der Waals surface area contributed by atoms with Gasteiger partial charge in [-0.1, -0.05) is 23.7 Å². The van der Waals surface area contributed by atoms with Gasteiger partial charge in [0.2, 0.25) is 5.91 Å². The van der Waals surface area contributed by atoms with Crippen LogP contribution in [0.1, 0.15) is 22.8 Å². The van der Waals surface area contributed by atoms with Crippen LogP contribution in [-0.2, 0) is 4.79 Å². The molecule has 0 aliphatic heterocycles. The quantitative estimate of drug-likeness (QED) is 0.477. The van der Waals surface area contributed by atoms with Gasteiger partial charge < -0.3 is 15.8 Å². The second kappa shape index (κ2) is 8.55. The molecule has 0 saturated heterocycles. The van der Waals surface area contributed by atoms with Crippen LogP contribution in [0.4, 0.5) is 5.69 Å². The van der Waals surface area contributed by atoms with E-state index in [1.807, 2.05) is 6.07 Å². The number of phenolic OH excluding ortho intramolecular Hbond substituents is 1. The lowest BCUT2D eigenvalue weighted by Gasteiger charge is -2.10. The molecule has 4 N–H and O–H groups in total. The van der Waals surface area contributed by atoms with Gasteiger partial charge in [0.05, 0.1) is 16.8 Å². The van der Waals surface area contributed by atoms with Crippen molar-refractivity contribution in [1.29, 1.82) is 5.26 Å². The van der Waals surface area contributed by atoms with E-state index in [-0.39, 0.29) is 11.3 Å². The van der Waals surface area contributed by atoms with Gasteiger partial charge in [-0.05, 0) is 37.3 Å². The number of amides is 2. The largest absolute Gasteiger partial charge is 0.507 e. The summed E-state index contributed by atoms with van der Waals surface area (Å²) in [5, 5.41) is 21.6. The molecular weight excluding hydrogens is 356 g/mol. The van der Waals surface area contributed by atoms with Crippen LogP contribution in [0, 0.1) is 11.3 Å². The average molecular weight is 371 g/mol. The first-order valence-electron chi connectivity index (χ1n) is 7.44. The van der Waals surface area contributed by atoms with Crippen molar-refractivity contribution < 1.29 is 14.7 Å². The second-order valence-corrected chi connectivity index (χ2v) is 5.65. The van der Waals surface area contributed by atoms with E-state index in [1.165, 1.54) is 24.3 Å². The highest BCUT2D eigenvalue weighted by atomic mass is 35.5. The Hall–Kier alpha value is -3.50. The first-order valence-corrected chi connectivity index (χ1v) is 7.82. The van der Waals surface area contributed by atoms with Crippen molar-refractivity contribution in [3.63, 3.8) is 0 Å². The van der Waals surface area contributed by atoms with Crippen molar-refractivity contribution in [2.75, 3.05) is 5.32 Å². The first kappa shape index (κ1) is 18.8. The predicted octanol–water partition coefficient (Wildman–Crippen LogP) is 2.69. The second-order valence-electron chi connectivity index (χ2n) is 5.21. The number of carbonyl (C=O) groups excluding carboxylic acids is 2. The number of rotatable bonds is 5. The van der Waals surface area contributed by atoms with Crippen molar-refractivity contribution in [3.8, 4) is 11.8 Å². The van der Waals surface area contributed by atoms with Gasteiger partial charge in [-0.2, -0.15) is 5.26 Å². The van der Waals surface area contributed by atoms with Crippen molar-refractivity contribution in [2.45, 2.75) is 6.92 Å². The number of anilines is 1. The predicted molar refractivity (Wildman–Crippen MR) is 97.3 cm³/mol. The summed E-state index contributed by atoms with van der Waals surface area (Å²) in [6, 6.07) is 12.6. The third-order valence-electron chi connectivity index (χ3n) is 3.23. The zero-order chi connectivity index (χ0) is 19.1. The summed E-state index contributed by atoms with van der Waals surface area (Å²) in [5.41, 5.74) is 5.96. The van der Waals surface area contributed by atoms with E-state index >= 15 is 0 Å². The Balaban J connectivity index is 1.97. The van der Waals surface area contributed by atoms with Crippen LogP contribution >= 0.6 is 11.6 Å². The fraction of sp³-hybridized carbons (Fsp3) is 0.0556. The van der Waals surface area contributed by atoms with Crippen molar-refractivity contribution in [1.82, 2.24) is 10.9 Å². The van der Waals surface area contributed by atoms with Crippen LogP contribution in [0.5, 0.6) is 5.75 Å². The minimum absolute atomic E-state index is 0.00907. The van der Waals surface area contributed by atoms with Gasteiger partial charge in [-0.25, -0.2) is 0 Å². The molecule has 8 heteroatoms. The van der Waals surface area contributed by atoms with Gasteiger partial charge in [0.1, 0.15) is 11.8 Å². The lowest BCUT2D eigenvalue weighted by Crippen LogP contribution is -2.36. The van der Waals surface area contributed by atoms with Gasteiger partial charge >= 0.3 is 0 Å². The molecule has 2 aromatic rings. The van der Waals surface area contributed by atoms with Crippen molar-refractivity contribution in [3.05, 3.63) is 70.4 Å². The molecule has 0 aromatic heterocycles. The van der Waals surface area contributed by atoms with Crippen LogP contribution in [0.15, 0.2) is 54.2 Å². The summed E-state index contributed by atoms with van der Waals surface area (Å²) in [6.45, 7) is 1.56. The number of hydrogen-bond donors (Lipinski definition) is 4. The number of carbonyl (C=O) groups is 2. The molecule has 0 atom stereocenters. The fourth-order valence-corrected chi connectivity index (χ4v) is 2.18. The van der Waals surface area contributed by atoms with E-state index < -0.39 is 11.8 Å². The standard InChI is InChI=1S/C18H15ClN4O3/c1-11(8-17(25)21-15-5-3-2-4-12(15)10-20)22-23-18(26)14-9-13(19)6-7-16(14)24/h2-9,22,24H,1H3,(H,21,25)(H,23,26)/b11-8+. The Bertz CT molecular complexity index is 919. The Kier molecular flexibility index (Phi) is 6.20. The summed E-state index contributed by atoms with van der Waals surface area (Å²) in [7, 11) is 0. The normalized spacial score (nSPS) is 10.6. The molecule has 132 valence electrons. The summed E-state index contributed by atoms with van der Waals surface area (Å²) < 4.78 is 0. The van der Waals surface area contributed by atoms with Gasteiger partial charge in [-0.15, -0.1) is 0 Å². The molecule has 0 unspecified atom stereocenters. The highest BCUT2D eigenvalue weighted by Gasteiger charge is 2.11. The van der Waals surface area contributed by atoms with Crippen LogP contribution in [-0.4, -0.2) is 16.9 Å². The smallest absolute Gasteiger partial charge is 0.273 e. The SMILES string of the molecule is C/C(=C\C(=O)Nc1ccccc1C#N)NNC(=O)c1cc(Cl)ccc1O.